The lowest BCUT2D eigenvalue weighted by Gasteiger charge is -2.33. The highest BCUT2D eigenvalue weighted by Gasteiger charge is 2.21. The zero-order valence-corrected chi connectivity index (χ0v) is 10.2. The number of carbonyl (C=O) groups excluding carboxylic acids is 2. The van der Waals surface area contributed by atoms with Crippen molar-refractivity contribution in [2.24, 2.45) is 5.73 Å². The number of piperazine rings is 1. The molecule has 0 saturated carbocycles. The van der Waals surface area contributed by atoms with E-state index in [4.69, 9.17) is 11.5 Å². The van der Waals surface area contributed by atoms with E-state index in [1.54, 1.807) is 30.1 Å². The molecular weight excluding hydrogens is 232 g/mol. The molecule has 2 rings (SSSR count). The number of nitrogens with zero attached hydrogens (tertiary/aromatic N) is 2. The number of rotatable bonds is 2. The Labute approximate surface area is 105 Å². The molecule has 18 heavy (non-hydrogen) atoms. The number of carbonyl (C=O) groups is 2. The van der Waals surface area contributed by atoms with Gasteiger partial charge in [0.25, 0.3) is 5.91 Å². The van der Waals surface area contributed by atoms with Gasteiger partial charge in [-0.15, -0.1) is 0 Å². The summed E-state index contributed by atoms with van der Waals surface area (Å²) >= 11 is 0. The van der Waals surface area contributed by atoms with Gasteiger partial charge < -0.3 is 21.3 Å². The van der Waals surface area contributed by atoms with Gasteiger partial charge in [0.1, 0.15) is 0 Å². The third kappa shape index (κ3) is 2.22. The zero-order valence-electron chi connectivity index (χ0n) is 10.2. The van der Waals surface area contributed by atoms with E-state index in [2.05, 4.69) is 0 Å². The summed E-state index contributed by atoms with van der Waals surface area (Å²) in [4.78, 5) is 26.4. The summed E-state index contributed by atoms with van der Waals surface area (Å²) in [5.74, 6) is -0.506. The SMILES string of the molecule is CN1CCN(c2ccc(N)c(C(N)=O)c2)CC1=O. The molecule has 1 aromatic rings. The van der Waals surface area contributed by atoms with E-state index in [1.165, 1.54) is 0 Å². The fraction of sp³-hybridized carbons (Fsp3) is 0.333. The minimum absolute atomic E-state index is 0.0544. The van der Waals surface area contributed by atoms with Crippen LogP contribution in [0.1, 0.15) is 10.4 Å². The first-order valence-electron chi connectivity index (χ1n) is 5.67. The van der Waals surface area contributed by atoms with Crippen LogP contribution in [0.15, 0.2) is 18.2 Å². The van der Waals surface area contributed by atoms with Crippen molar-refractivity contribution < 1.29 is 9.59 Å². The van der Waals surface area contributed by atoms with Crippen molar-refractivity contribution in [1.82, 2.24) is 4.90 Å². The third-order valence-corrected chi connectivity index (χ3v) is 3.12. The molecule has 0 unspecified atom stereocenters. The number of amides is 2. The molecule has 1 aliphatic heterocycles. The van der Waals surface area contributed by atoms with Crippen LogP contribution in [0.2, 0.25) is 0 Å². The maximum absolute atomic E-state index is 11.6. The normalized spacial score (nSPS) is 15.9. The van der Waals surface area contributed by atoms with Crippen LogP contribution in [0.3, 0.4) is 0 Å². The molecule has 1 aliphatic rings. The van der Waals surface area contributed by atoms with Gasteiger partial charge >= 0.3 is 0 Å². The van der Waals surface area contributed by atoms with Gasteiger partial charge in [-0.3, -0.25) is 9.59 Å². The molecule has 0 atom stereocenters. The van der Waals surface area contributed by atoms with Crippen LogP contribution in [-0.2, 0) is 4.79 Å². The summed E-state index contributed by atoms with van der Waals surface area (Å²) < 4.78 is 0. The van der Waals surface area contributed by atoms with Crippen LogP contribution in [0.4, 0.5) is 11.4 Å². The van der Waals surface area contributed by atoms with Crippen molar-refractivity contribution >= 4 is 23.2 Å². The maximum Gasteiger partial charge on any atom is 0.250 e. The highest BCUT2D eigenvalue weighted by Crippen LogP contribution is 2.22. The Kier molecular flexibility index (Phi) is 3.10. The second-order valence-electron chi connectivity index (χ2n) is 4.37. The first kappa shape index (κ1) is 12.2. The van der Waals surface area contributed by atoms with Gasteiger partial charge in [-0.1, -0.05) is 0 Å². The molecule has 1 heterocycles. The minimum atomic E-state index is -0.560. The largest absolute Gasteiger partial charge is 0.398 e. The molecule has 1 fully saturated rings. The van der Waals surface area contributed by atoms with E-state index >= 15 is 0 Å². The average Bonchev–Trinajstić information content (AvgIpc) is 2.33. The number of primary amides is 1. The summed E-state index contributed by atoms with van der Waals surface area (Å²) in [6.07, 6.45) is 0. The summed E-state index contributed by atoms with van der Waals surface area (Å²) in [5, 5.41) is 0. The van der Waals surface area contributed by atoms with Crippen LogP contribution < -0.4 is 16.4 Å². The number of hydrogen-bond donors (Lipinski definition) is 2. The number of likely N-dealkylation sites (N-methyl/N-ethyl adjacent to an activating group) is 1. The lowest BCUT2D eigenvalue weighted by atomic mass is 10.1. The Bertz CT molecular complexity index is 501. The van der Waals surface area contributed by atoms with Crippen LogP contribution >= 0.6 is 0 Å². The average molecular weight is 248 g/mol. The molecule has 2 amide bonds. The topological polar surface area (TPSA) is 92.7 Å². The van der Waals surface area contributed by atoms with E-state index in [0.29, 0.717) is 24.3 Å². The Morgan fingerprint density at radius 2 is 2.06 bits per heavy atom. The molecule has 1 aromatic carbocycles. The van der Waals surface area contributed by atoms with Gasteiger partial charge in [-0.25, -0.2) is 0 Å². The number of nitrogens with two attached hydrogens (primary N) is 2. The fourth-order valence-corrected chi connectivity index (χ4v) is 1.93. The lowest BCUT2D eigenvalue weighted by Crippen LogP contribution is -2.48. The molecule has 0 radical (unpaired) electrons. The molecule has 0 aliphatic carbocycles. The van der Waals surface area contributed by atoms with E-state index < -0.39 is 5.91 Å². The summed E-state index contributed by atoms with van der Waals surface area (Å²) in [5.41, 5.74) is 12.4. The predicted octanol–water partition coefficient (Wildman–Crippen LogP) is -0.354. The Balaban J connectivity index is 2.26. The second-order valence-corrected chi connectivity index (χ2v) is 4.37. The monoisotopic (exact) mass is 248 g/mol. The van der Waals surface area contributed by atoms with E-state index in [9.17, 15) is 9.59 Å². The van der Waals surface area contributed by atoms with Gasteiger partial charge in [-0.05, 0) is 18.2 Å². The van der Waals surface area contributed by atoms with Gasteiger partial charge in [0.05, 0.1) is 12.1 Å². The predicted molar refractivity (Wildman–Crippen MR) is 69.2 cm³/mol. The molecule has 4 N–H and O–H groups in total. The Hall–Kier alpha value is -2.24. The first-order valence-corrected chi connectivity index (χ1v) is 5.67. The maximum atomic E-state index is 11.6. The quantitative estimate of drug-likeness (QED) is 0.699. The van der Waals surface area contributed by atoms with Crippen LogP contribution in [0, 0.1) is 0 Å². The third-order valence-electron chi connectivity index (χ3n) is 3.12. The summed E-state index contributed by atoms with van der Waals surface area (Å²) in [7, 11) is 1.78. The number of benzene rings is 1. The molecule has 0 spiro atoms. The Morgan fingerprint density at radius 3 is 2.67 bits per heavy atom. The number of anilines is 2. The van der Waals surface area contributed by atoms with Crippen molar-refractivity contribution in [3.8, 4) is 0 Å². The summed E-state index contributed by atoms with van der Waals surface area (Å²) in [6.45, 7) is 1.69. The molecule has 96 valence electrons. The second kappa shape index (κ2) is 4.56. The van der Waals surface area contributed by atoms with Crippen molar-refractivity contribution in [2.45, 2.75) is 0 Å². The molecule has 6 nitrogen and oxygen atoms in total. The summed E-state index contributed by atoms with van der Waals surface area (Å²) in [6, 6.07) is 5.06. The lowest BCUT2D eigenvalue weighted by molar-refractivity contribution is -0.129. The van der Waals surface area contributed by atoms with Gasteiger partial charge in [0, 0.05) is 31.5 Å². The zero-order chi connectivity index (χ0) is 13.3. The van der Waals surface area contributed by atoms with E-state index in [1.807, 2.05) is 4.90 Å². The molecule has 1 saturated heterocycles. The molecule has 0 bridgehead atoms. The van der Waals surface area contributed by atoms with Crippen molar-refractivity contribution in [3.05, 3.63) is 23.8 Å². The minimum Gasteiger partial charge on any atom is -0.398 e. The van der Waals surface area contributed by atoms with Gasteiger partial charge in [-0.2, -0.15) is 0 Å². The van der Waals surface area contributed by atoms with Crippen molar-refractivity contribution in [1.29, 1.82) is 0 Å². The van der Waals surface area contributed by atoms with Crippen molar-refractivity contribution in [2.75, 3.05) is 37.3 Å². The number of hydrogen-bond acceptors (Lipinski definition) is 4. The highest BCUT2D eigenvalue weighted by atomic mass is 16.2. The van der Waals surface area contributed by atoms with Crippen LogP contribution in [0.25, 0.3) is 0 Å². The fourth-order valence-electron chi connectivity index (χ4n) is 1.93. The number of nitrogen functional groups attached to an aromatic ring is 1. The van der Waals surface area contributed by atoms with Gasteiger partial charge in [0.15, 0.2) is 0 Å². The molecular formula is C12H16N4O2. The van der Waals surface area contributed by atoms with E-state index in [-0.39, 0.29) is 5.91 Å². The van der Waals surface area contributed by atoms with Crippen molar-refractivity contribution in [3.63, 3.8) is 0 Å². The van der Waals surface area contributed by atoms with Gasteiger partial charge in [0.2, 0.25) is 5.91 Å². The smallest absolute Gasteiger partial charge is 0.250 e. The Morgan fingerprint density at radius 1 is 1.33 bits per heavy atom. The molecule has 0 aromatic heterocycles. The van der Waals surface area contributed by atoms with E-state index in [0.717, 1.165) is 12.2 Å². The van der Waals surface area contributed by atoms with Crippen LogP contribution in [-0.4, -0.2) is 43.4 Å². The standard InChI is InChI=1S/C12H16N4O2/c1-15-4-5-16(7-11(15)17)8-2-3-10(13)9(6-8)12(14)18/h2-3,6H,4-5,7,13H2,1H3,(H2,14,18). The first-order chi connectivity index (χ1) is 8.49. The highest BCUT2D eigenvalue weighted by molar-refractivity contribution is 5.99. The molecule has 6 heteroatoms. The van der Waals surface area contributed by atoms with Crippen LogP contribution in [0.5, 0.6) is 0 Å².